The smallest absolute Gasteiger partial charge is 0.250 e. The van der Waals surface area contributed by atoms with Crippen LogP contribution in [0.5, 0.6) is 0 Å². The molecule has 1 unspecified atom stereocenters. The average molecular weight is 364 g/mol. The van der Waals surface area contributed by atoms with Gasteiger partial charge in [0.15, 0.2) is 5.82 Å². The van der Waals surface area contributed by atoms with E-state index in [0.717, 1.165) is 5.56 Å². The molecule has 124 valence electrons. The highest BCUT2D eigenvalue weighted by atomic mass is 35.5. The van der Waals surface area contributed by atoms with Crippen molar-refractivity contribution in [1.29, 1.82) is 0 Å². The molecule has 0 aliphatic rings. The maximum Gasteiger partial charge on any atom is 0.250 e. The third-order valence-electron chi connectivity index (χ3n) is 3.50. The van der Waals surface area contributed by atoms with Crippen LogP contribution in [0.25, 0.3) is 0 Å². The Hall–Kier alpha value is -2.31. The molecule has 6 nitrogen and oxygen atoms in total. The van der Waals surface area contributed by atoms with Crippen LogP contribution in [0.15, 0.2) is 48.9 Å². The summed E-state index contributed by atoms with van der Waals surface area (Å²) in [6.45, 7) is 2.33. The van der Waals surface area contributed by atoms with E-state index in [0.29, 0.717) is 22.4 Å². The van der Waals surface area contributed by atoms with Gasteiger partial charge in [-0.15, -0.1) is 0 Å². The van der Waals surface area contributed by atoms with Crippen molar-refractivity contribution < 1.29 is 4.79 Å². The minimum Gasteiger partial charge on any atom is -0.307 e. The fourth-order valence-corrected chi connectivity index (χ4v) is 2.44. The lowest BCUT2D eigenvalue weighted by Crippen LogP contribution is -2.24. The van der Waals surface area contributed by atoms with Gasteiger partial charge in [0.2, 0.25) is 5.91 Å². The lowest BCUT2D eigenvalue weighted by molar-refractivity contribution is -0.119. The van der Waals surface area contributed by atoms with Crippen LogP contribution in [0.3, 0.4) is 0 Å². The van der Waals surface area contributed by atoms with Crippen LogP contribution in [0, 0.1) is 0 Å². The van der Waals surface area contributed by atoms with E-state index in [9.17, 15) is 4.79 Å². The summed E-state index contributed by atoms with van der Waals surface area (Å²) in [5.41, 5.74) is 1.07. The van der Waals surface area contributed by atoms with Gasteiger partial charge >= 0.3 is 0 Å². The molecule has 1 aromatic carbocycles. The Kier molecular flexibility index (Phi) is 4.87. The molecule has 0 fully saturated rings. The maximum atomic E-state index is 12.2. The van der Waals surface area contributed by atoms with Gasteiger partial charge in [-0.25, -0.2) is 0 Å². The lowest BCUT2D eigenvalue weighted by Gasteiger charge is -2.11. The molecule has 8 heteroatoms. The zero-order valence-electron chi connectivity index (χ0n) is 12.9. The second-order valence-electron chi connectivity index (χ2n) is 5.33. The van der Waals surface area contributed by atoms with E-state index in [4.69, 9.17) is 23.2 Å². The summed E-state index contributed by atoms with van der Waals surface area (Å²) in [6.07, 6.45) is 4.90. The number of hydrogen-bond donors (Lipinski definition) is 1. The van der Waals surface area contributed by atoms with Crippen molar-refractivity contribution in [2.45, 2.75) is 19.5 Å². The Balaban J connectivity index is 1.63. The molecular weight excluding hydrogens is 349 g/mol. The molecule has 24 heavy (non-hydrogen) atoms. The molecule has 0 spiro atoms. The first kappa shape index (κ1) is 16.5. The van der Waals surface area contributed by atoms with Gasteiger partial charge in [-0.1, -0.05) is 35.3 Å². The largest absolute Gasteiger partial charge is 0.307 e. The number of benzene rings is 1. The fourth-order valence-electron chi connectivity index (χ4n) is 2.17. The summed E-state index contributed by atoms with van der Waals surface area (Å²) in [4.78, 5) is 12.2. The highest BCUT2D eigenvalue weighted by Gasteiger charge is 2.17. The summed E-state index contributed by atoms with van der Waals surface area (Å²) in [5, 5.41) is 12.3. The second-order valence-corrected chi connectivity index (χ2v) is 6.20. The van der Waals surface area contributed by atoms with Crippen LogP contribution >= 0.6 is 23.2 Å². The van der Waals surface area contributed by atoms with Gasteiger partial charge in [-0.3, -0.25) is 14.2 Å². The maximum absolute atomic E-state index is 12.2. The predicted molar refractivity (Wildman–Crippen MR) is 93.4 cm³/mol. The molecule has 2 aromatic heterocycles. The molecule has 3 rings (SSSR count). The van der Waals surface area contributed by atoms with Crippen molar-refractivity contribution in [3.63, 3.8) is 0 Å². The van der Waals surface area contributed by atoms with Crippen LogP contribution in [0.2, 0.25) is 10.0 Å². The Labute approximate surface area is 149 Å². The van der Waals surface area contributed by atoms with Crippen molar-refractivity contribution in [1.82, 2.24) is 19.6 Å². The lowest BCUT2D eigenvalue weighted by atomic mass is 10.2. The number of nitrogens with zero attached hydrogens (tertiary/aromatic N) is 4. The molecule has 1 atom stereocenters. The van der Waals surface area contributed by atoms with Crippen LogP contribution < -0.4 is 5.32 Å². The number of amides is 1. The first-order chi connectivity index (χ1) is 11.5. The summed E-state index contributed by atoms with van der Waals surface area (Å²) in [5.74, 6) is 0.269. The summed E-state index contributed by atoms with van der Waals surface area (Å²) >= 11 is 11.7. The molecular formula is C16H15Cl2N5O. The van der Waals surface area contributed by atoms with Crippen LogP contribution in [0.1, 0.15) is 18.5 Å². The molecule has 2 heterocycles. The number of nitrogens with one attached hydrogen (secondary N) is 1. The fraction of sp³-hybridized carbons (Fsp3) is 0.188. The normalized spacial score (nSPS) is 12.1. The van der Waals surface area contributed by atoms with Crippen LogP contribution in [-0.2, 0) is 11.3 Å². The Bertz CT molecular complexity index is 840. The van der Waals surface area contributed by atoms with Crippen molar-refractivity contribution in [2.24, 2.45) is 0 Å². The van der Waals surface area contributed by atoms with Gasteiger partial charge in [-0.05, 0) is 24.6 Å². The Morgan fingerprint density at radius 3 is 2.62 bits per heavy atom. The van der Waals surface area contributed by atoms with Gasteiger partial charge in [0.05, 0.1) is 17.8 Å². The van der Waals surface area contributed by atoms with E-state index in [1.807, 2.05) is 24.3 Å². The quantitative estimate of drug-likeness (QED) is 0.752. The third-order valence-corrected chi connectivity index (χ3v) is 3.94. The first-order valence-corrected chi connectivity index (χ1v) is 8.05. The molecule has 0 radical (unpaired) electrons. The highest BCUT2D eigenvalue weighted by Crippen LogP contribution is 2.14. The number of aromatic nitrogens is 4. The van der Waals surface area contributed by atoms with Crippen molar-refractivity contribution >= 4 is 34.9 Å². The minimum absolute atomic E-state index is 0.216. The van der Waals surface area contributed by atoms with E-state index >= 15 is 0 Å². The van der Waals surface area contributed by atoms with Gasteiger partial charge in [0.1, 0.15) is 6.04 Å². The molecule has 1 N–H and O–H groups in total. The van der Waals surface area contributed by atoms with Gasteiger partial charge in [0, 0.05) is 23.5 Å². The Morgan fingerprint density at radius 1 is 1.21 bits per heavy atom. The average Bonchev–Trinajstić information content (AvgIpc) is 3.18. The van der Waals surface area contributed by atoms with Crippen molar-refractivity contribution in [2.75, 3.05) is 5.32 Å². The van der Waals surface area contributed by atoms with Crippen molar-refractivity contribution in [3.05, 3.63) is 64.5 Å². The second kappa shape index (κ2) is 7.07. The van der Waals surface area contributed by atoms with Gasteiger partial charge < -0.3 is 5.32 Å². The van der Waals surface area contributed by atoms with E-state index in [2.05, 4.69) is 15.5 Å². The monoisotopic (exact) mass is 363 g/mol. The highest BCUT2D eigenvalue weighted by molar-refractivity contribution is 6.30. The zero-order chi connectivity index (χ0) is 17.1. The number of hydrogen-bond acceptors (Lipinski definition) is 3. The predicted octanol–water partition coefficient (Wildman–Crippen LogP) is 3.63. The zero-order valence-corrected chi connectivity index (χ0v) is 14.4. The number of anilines is 1. The van der Waals surface area contributed by atoms with Gasteiger partial charge in [0.25, 0.3) is 0 Å². The molecule has 3 aromatic rings. The number of carbonyl (C=O) groups excluding carboxylic acids is 1. The molecule has 0 aliphatic carbocycles. The molecule has 1 amide bonds. The molecule has 0 saturated carbocycles. The number of carbonyl (C=O) groups is 1. The Morgan fingerprint density at radius 2 is 1.96 bits per heavy atom. The summed E-state index contributed by atoms with van der Waals surface area (Å²) in [7, 11) is 0. The number of halogens is 2. The third kappa shape index (κ3) is 3.96. The molecule has 0 saturated heterocycles. The topological polar surface area (TPSA) is 64.7 Å². The van der Waals surface area contributed by atoms with E-state index in [1.165, 1.54) is 10.9 Å². The van der Waals surface area contributed by atoms with E-state index in [1.54, 1.807) is 30.1 Å². The van der Waals surface area contributed by atoms with Crippen LogP contribution in [-0.4, -0.2) is 25.5 Å². The van der Waals surface area contributed by atoms with Crippen molar-refractivity contribution in [3.8, 4) is 0 Å². The standard InChI is InChI=1S/C16H15Cl2N5O/c1-11(23-10-14(18)8-19-23)16(24)20-15-6-7-22(21-15)9-12-2-4-13(17)5-3-12/h2-8,10-11H,9H2,1H3,(H,20,21,24). The first-order valence-electron chi connectivity index (χ1n) is 7.30. The van der Waals surface area contributed by atoms with E-state index in [-0.39, 0.29) is 5.91 Å². The SMILES string of the molecule is CC(C(=O)Nc1ccn(Cc2ccc(Cl)cc2)n1)n1cc(Cl)cn1. The molecule has 0 bridgehead atoms. The number of rotatable bonds is 5. The molecule has 0 aliphatic heterocycles. The minimum atomic E-state index is -0.487. The van der Waals surface area contributed by atoms with E-state index < -0.39 is 6.04 Å². The van der Waals surface area contributed by atoms with Gasteiger partial charge in [-0.2, -0.15) is 10.2 Å². The summed E-state index contributed by atoms with van der Waals surface area (Å²) in [6, 6.07) is 8.80. The summed E-state index contributed by atoms with van der Waals surface area (Å²) < 4.78 is 3.25. The van der Waals surface area contributed by atoms with Crippen LogP contribution in [0.4, 0.5) is 5.82 Å².